The second-order valence-electron chi connectivity index (χ2n) is 8.05. The summed E-state index contributed by atoms with van der Waals surface area (Å²) in [6, 6.07) is 11.1. The van der Waals surface area contributed by atoms with Crippen LogP contribution in [0.25, 0.3) is 5.76 Å². The summed E-state index contributed by atoms with van der Waals surface area (Å²) in [5.41, 5.74) is 2.11. The van der Waals surface area contributed by atoms with Crippen LogP contribution in [0.3, 0.4) is 0 Å². The van der Waals surface area contributed by atoms with Gasteiger partial charge in [-0.05, 0) is 44.6 Å². The minimum atomic E-state index is -0.790. The molecule has 0 spiro atoms. The summed E-state index contributed by atoms with van der Waals surface area (Å²) in [6.07, 6.45) is 0. The van der Waals surface area contributed by atoms with Crippen molar-refractivity contribution < 1.29 is 24.5 Å². The van der Waals surface area contributed by atoms with Crippen molar-refractivity contribution in [2.24, 2.45) is 0 Å². The van der Waals surface area contributed by atoms with Crippen LogP contribution < -0.4 is 4.74 Å². The van der Waals surface area contributed by atoms with Crippen LogP contribution in [0.1, 0.15) is 43.5 Å². The Labute approximate surface area is 194 Å². The lowest BCUT2D eigenvalue weighted by Gasteiger charge is -2.28. The Morgan fingerprint density at radius 3 is 2.33 bits per heavy atom. The molecule has 0 aliphatic carbocycles. The van der Waals surface area contributed by atoms with Gasteiger partial charge < -0.3 is 24.7 Å². The van der Waals surface area contributed by atoms with Crippen molar-refractivity contribution in [3.8, 4) is 11.5 Å². The number of aliphatic hydroxyl groups excluding tert-OH is 1. The van der Waals surface area contributed by atoms with E-state index in [4.69, 9.17) is 4.74 Å². The Hall–Kier alpha value is -3.32. The lowest BCUT2D eigenvalue weighted by molar-refractivity contribution is -0.140. The Morgan fingerprint density at radius 1 is 1.06 bits per heavy atom. The molecule has 0 radical (unpaired) electrons. The molecular weight excluding hydrogens is 420 g/mol. The van der Waals surface area contributed by atoms with Crippen LogP contribution in [0.2, 0.25) is 0 Å². The Kier molecular flexibility index (Phi) is 7.76. The van der Waals surface area contributed by atoms with Crippen LogP contribution in [0.15, 0.2) is 48.0 Å². The van der Waals surface area contributed by atoms with Gasteiger partial charge in [-0.3, -0.25) is 9.59 Å². The van der Waals surface area contributed by atoms with E-state index in [0.717, 1.165) is 18.7 Å². The van der Waals surface area contributed by atoms with Crippen molar-refractivity contribution in [1.82, 2.24) is 9.80 Å². The normalized spacial score (nSPS) is 17.7. The number of benzene rings is 2. The maximum absolute atomic E-state index is 13.1. The molecule has 1 atom stereocenters. The number of likely N-dealkylation sites (N-methyl/N-ethyl adjacent to an activating group) is 1. The first-order chi connectivity index (χ1) is 15.8. The number of aryl methyl sites for hydroxylation is 1. The summed E-state index contributed by atoms with van der Waals surface area (Å²) in [5.74, 6) is -1.34. The van der Waals surface area contributed by atoms with Crippen LogP contribution in [-0.2, 0) is 9.59 Å². The monoisotopic (exact) mass is 452 g/mol. The molecule has 0 saturated carbocycles. The van der Waals surface area contributed by atoms with E-state index >= 15 is 0 Å². The zero-order valence-corrected chi connectivity index (χ0v) is 19.7. The van der Waals surface area contributed by atoms with E-state index < -0.39 is 17.7 Å². The molecule has 2 aromatic carbocycles. The third-order valence-electron chi connectivity index (χ3n) is 6.02. The number of hydrogen-bond donors (Lipinski definition) is 2. The fraction of sp³-hybridized carbons (Fsp3) is 0.385. The summed E-state index contributed by atoms with van der Waals surface area (Å²) < 4.78 is 5.53. The average Bonchev–Trinajstić information content (AvgIpc) is 3.06. The second-order valence-corrected chi connectivity index (χ2v) is 8.05. The van der Waals surface area contributed by atoms with Gasteiger partial charge in [-0.15, -0.1) is 0 Å². The molecule has 0 aromatic heterocycles. The van der Waals surface area contributed by atoms with Crippen LogP contribution in [-0.4, -0.2) is 64.5 Å². The Morgan fingerprint density at radius 2 is 1.73 bits per heavy atom. The molecule has 0 bridgehead atoms. The third kappa shape index (κ3) is 5.03. The number of aromatic hydroxyl groups is 1. The number of phenols is 1. The molecule has 3 rings (SSSR count). The molecule has 33 heavy (non-hydrogen) atoms. The van der Waals surface area contributed by atoms with Crippen LogP contribution in [0.4, 0.5) is 0 Å². The van der Waals surface area contributed by atoms with Crippen molar-refractivity contribution in [2.45, 2.75) is 33.7 Å². The molecule has 7 heteroatoms. The van der Waals surface area contributed by atoms with Gasteiger partial charge >= 0.3 is 0 Å². The Balaban J connectivity index is 2.13. The predicted molar refractivity (Wildman–Crippen MR) is 127 cm³/mol. The van der Waals surface area contributed by atoms with Crippen LogP contribution in [0.5, 0.6) is 11.5 Å². The van der Waals surface area contributed by atoms with E-state index in [9.17, 15) is 19.8 Å². The summed E-state index contributed by atoms with van der Waals surface area (Å²) in [4.78, 5) is 29.9. The molecule has 1 saturated heterocycles. The highest BCUT2D eigenvalue weighted by atomic mass is 16.5. The highest BCUT2D eigenvalue weighted by molar-refractivity contribution is 6.46. The van der Waals surface area contributed by atoms with Gasteiger partial charge in [0.2, 0.25) is 0 Å². The lowest BCUT2D eigenvalue weighted by Crippen LogP contribution is -2.38. The van der Waals surface area contributed by atoms with Gasteiger partial charge in [-0.2, -0.15) is 0 Å². The van der Waals surface area contributed by atoms with Gasteiger partial charge in [-0.1, -0.05) is 49.7 Å². The number of ketones is 1. The minimum absolute atomic E-state index is 0.0285. The zero-order chi connectivity index (χ0) is 24.1. The summed E-state index contributed by atoms with van der Waals surface area (Å²) in [5, 5.41) is 21.3. The smallest absolute Gasteiger partial charge is 0.295 e. The van der Waals surface area contributed by atoms with Crippen molar-refractivity contribution in [3.05, 3.63) is 64.7 Å². The van der Waals surface area contributed by atoms with Crippen LogP contribution >= 0.6 is 0 Å². The molecular formula is C26H32N2O5. The number of aliphatic hydroxyl groups is 1. The Bertz CT molecular complexity index is 1040. The van der Waals surface area contributed by atoms with Crippen molar-refractivity contribution in [2.75, 3.05) is 32.8 Å². The maximum Gasteiger partial charge on any atom is 0.295 e. The lowest BCUT2D eigenvalue weighted by atomic mass is 9.94. The maximum atomic E-state index is 13.1. The molecule has 176 valence electrons. The van der Waals surface area contributed by atoms with Crippen molar-refractivity contribution >= 4 is 17.4 Å². The molecule has 2 aromatic rings. The number of likely N-dealkylation sites (tertiary alicyclic amines) is 1. The number of hydrogen-bond acceptors (Lipinski definition) is 6. The predicted octanol–water partition coefficient (Wildman–Crippen LogP) is 3.86. The fourth-order valence-electron chi connectivity index (χ4n) is 4.09. The number of Topliss-reactive ketones (excluding diaryl/α,β-unsaturated/α-hetero) is 1. The average molecular weight is 453 g/mol. The standard InChI is InChI=1S/C26H32N2O5/c1-5-27(6-2)14-15-28-23(19-12-13-20(29)21(16-19)33-7-3)22(25(31)26(28)32)24(30)18-10-8-17(4)9-11-18/h8-13,16,23,29-30H,5-7,14-15H2,1-4H3/b24-22-. The SMILES string of the molecule is CCOc1cc(C2/C(=C(/O)c3ccc(C)cc3)C(=O)C(=O)N2CCN(CC)CC)ccc1O. The molecule has 1 fully saturated rings. The molecule has 1 heterocycles. The number of phenolic OH excluding ortho intramolecular Hbond substituents is 1. The van der Waals surface area contributed by atoms with E-state index in [1.165, 1.54) is 11.0 Å². The van der Waals surface area contributed by atoms with Gasteiger partial charge in [-0.25, -0.2) is 0 Å². The topological polar surface area (TPSA) is 90.3 Å². The number of carbonyl (C=O) groups excluding carboxylic acids is 2. The van der Waals surface area contributed by atoms with E-state index in [1.54, 1.807) is 31.2 Å². The largest absolute Gasteiger partial charge is 0.507 e. The first-order valence-electron chi connectivity index (χ1n) is 11.4. The fourth-order valence-corrected chi connectivity index (χ4v) is 4.09. The molecule has 7 nitrogen and oxygen atoms in total. The van der Waals surface area contributed by atoms with Gasteiger partial charge in [0, 0.05) is 18.7 Å². The molecule has 1 aliphatic heterocycles. The molecule has 1 amide bonds. The number of amides is 1. The second kappa shape index (κ2) is 10.5. The number of rotatable bonds is 9. The summed E-state index contributed by atoms with van der Waals surface area (Å²) in [6.45, 7) is 10.7. The van der Waals surface area contributed by atoms with Crippen molar-refractivity contribution in [3.63, 3.8) is 0 Å². The quantitative estimate of drug-likeness (QED) is 0.341. The van der Waals surface area contributed by atoms with Gasteiger partial charge in [0.25, 0.3) is 11.7 Å². The first kappa shape index (κ1) is 24.3. The highest BCUT2D eigenvalue weighted by Crippen LogP contribution is 2.41. The van der Waals surface area contributed by atoms with Crippen molar-refractivity contribution in [1.29, 1.82) is 0 Å². The molecule has 1 unspecified atom stereocenters. The highest BCUT2D eigenvalue weighted by Gasteiger charge is 2.46. The summed E-state index contributed by atoms with van der Waals surface area (Å²) in [7, 11) is 0. The van der Waals surface area contributed by atoms with Crippen LogP contribution in [0, 0.1) is 6.92 Å². The van der Waals surface area contributed by atoms with Gasteiger partial charge in [0.1, 0.15) is 5.76 Å². The van der Waals surface area contributed by atoms with E-state index in [-0.39, 0.29) is 22.8 Å². The first-order valence-corrected chi connectivity index (χ1v) is 11.4. The van der Waals surface area contributed by atoms with E-state index in [2.05, 4.69) is 4.90 Å². The number of nitrogens with zero attached hydrogens (tertiary/aromatic N) is 2. The van der Waals surface area contributed by atoms with E-state index in [0.29, 0.717) is 30.8 Å². The minimum Gasteiger partial charge on any atom is -0.507 e. The van der Waals surface area contributed by atoms with Gasteiger partial charge in [0.05, 0.1) is 18.2 Å². The molecule has 1 aliphatic rings. The number of ether oxygens (including phenoxy) is 1. The number of carbonyl (C=O) groups is 2. The third-order valence-corrected chi connectivity index (χ3v) is 6.02. The van der Waals surface area contributed by atoms with E-state index in [1.807, 2.05) is 32.9 Å². The molecule has 2 N–H and O–H groups in total. The van der Waals surface area contributed by atoms with Gasteiger partial charge in [0.15, 0.2) is 11.5 Å². The summed E-state index contributed by atoms with van der Waals surface area (Å²) >= 11 is 0. The zero-order valence-electron chi connectivity index (χ0n) is 19.7.